The molecule has 0 atom stereocenters. The lowest BCUT2D eigenvalue weighted by atomic mass is 10.4. The lowest BCUT2D eigenvalue weighted by molar-refractivity contribution is 0.490. The third-order valence-corrected chi connectivity index (χ3v) is 2.60. The van der Waals surface area contributed by atoms with Gasteiger partial charge in [-0.05, 0) is 25.5 Å². The maximum Gasteiger partial charge on any atom is 0.293 e. The molecule has 96 valence electrons. The number of furan rings is 1. The van der Waals surface area contributed by atoms with Gasteiger partial charge in [0.1, 0.15) is 11.5 Å². The summed E-state index contributed by atoms with van der Waals surface area (Å²) in [5.41, 5.74) is -0.0948. The summed E-state index contributed by atoms with van der Waals surface area (Å²) in [5.74, 6) is 2.01. The molecule has 0 fully saturated rings. The molecule has 0 unspecified atom stereocenters. The summed E-state index contributed by atoms with van der Waals surface area (Å²) in [6, 6.07) is 3.78. The van der Waals surface area contributed by atoms with Gasteiger partial charge >= 0.3 is 0 Å². The zero-order chi connectivity index (χ0) is 13.0. The van der Waals surface area contributed by atoms with Crippen molar-refractivity contribution >= 4 is 5.82 Å². The van der Waals surface area contributed by atoms with Crippen molar-refractivity contribution in [1.29, 1.82) is 0 Å². The van der Waals surface area contributed by atoms with Gasteiger partial charge in [0, 0.05) is 18.9 Å². The smallest absolute Gasteiger partial charge is 0.293 e. The van der Waals surface area contributed by atoms with Crippen molar-refractivity contribution in [2.75, 3.05) is 5.32 Å². The molecule has 0 amide bonds. The average molecular weight is 247 g/mol. The molecule has 18 heavy (non-hydrogen) atoms. The third kappa shape index (κ3) is 2.80. The summed E-state index contributed by atoms with van der Waals surface area (Å²) in [5, 5.41) is 3.00. The maximum atomic E-state index is 12.0. The highest BCUT2D eigenvalue weighted by atomic mass is 16.3. The molecule has 0 radical (unpaired) electrons. The van der Waals surface area contributed by atoms with Gasteiger partial charge in [0.2, 0.25) is 0 Å². The average Bonchev–Trinajstić information content (AvgIpc) is 2.77. The predicted molar refractivity (Wildman–Crippen MR) is 69.6 cm³/mol. The second kappa shape index (κ2) is 5.53. The van der Waals surface area contributed by atoms with Crippen LogP contribution in [0.1, 0.15) is 24.9 Å². The molecule has 2 aromatic heterocycles. The first kappa shape index (κ1) is 12.4. The SMILES string of the molecule is CCCn1ccnc(NCc2ccc(C)o2)c1=O. The first-order chi connectivity index (χ1) is 8.70. The number of hydrogen-bond acceptors (Lipinski definition) is 4. The third-order valence-electron chi connectivity index (χ3n) is 2.60. The van der Waals surface area contributed by atoms with E-state index in [9.17, 15) is 4.79 Å². The fourth-order valence-electron chi connectivity index (χ4n) is 1.74. The van der Waals surface area contributed by atoms with E-state index in [2.05, 4.69) is 10.3 Å². The van der Waals surface area contributed by atoms with Gasteiger partial charge in [0.15, 0.2) is 5.82 Å². The summed E-state index contributed by atoms with van der Waals surface area (Å²) >= 11 is 0. The molecular formula is C13H17N3O2. The van der Waals surface area contributed by atoms with E-state index in [1.165, 1.54) is 0 Å². The Bertz CT molecular complexity index is 572. The van der Waals surface area contributed by atoms with Crippen LogP contribution in [0.3, 0.4) is 0 Å². The van der Waals surface area contributed by atoms with Crippen molar-refractivity contribution in [1.82, 2.24) is 9.55 Å². The van der Waals surface area contributed by atoms with Crippen LogP contribution in [-0.2, 0) is 13.1 Å². The summed E-state index contributed by atoms with van der Waals surface area (Å²) in [6.45, 7) is 5.09. The molecule has 0 aromatic carbocycles. The number of nitrogens with zero attached hydrogens (tertiary/aromatic N) is 2. The topological polar surface area (TPSA) is 60.1 Å². The number of aryl methyl sites for hydroxylation is 2. The van der Waals surface area contributed by atoms with Gasteiger partial charge in [-0.3, -0.25) is 4.79 Å². The van der Waals surface area contributed by atoms with E-state index in [1.54, 1.807) is 17.0 Å². The van der Waals surface area contributed by atoms with Gasteiger partial charge in [-0.2, -0.15) is 0 Å². The Labute approximate surface area is 105 Å². The minimum absolute atomic E-state index is 0.0948. The summed E-state index contributed by atoms with van der Waals surface area (Å²) in [6.07, 6.45) is 4.25. The Morgan fingerprint density at radius 3 is 2.94 bits per heavy atom. The van der Waals surface area contributed by atoms with Crippen molar-refractivity contribution in [3.8, 4) is 0 Å². The Kier molecular flexibility index (Phi) is 3.82. The molecule has 0 aliphatic carbocycles. The minimum Gasteiger partial charge on any atom is -0.465 e. The molecule has 2 rings (SSSR count). The normalized spacial score (nSPS) is 10.6. The van der Waals surface area contributed by atoms with Crippen LogP contribution in [-0.4, -0.2) is 9.55 Å². The van der Waals surface area contributed by atoms with Crippen molar-refractivity contribution in [3.05, 3.63) is 46.4 Å². The molecule has 2 aromatic rings. The summed E-state index contributed by atoms with van der Waals surface area (Å²) in [7, 11) is 0. The first-order valence-corrected chi connectivity index (χ1v) is 6.05. The number of rotatable bonds is 5. The number of aromatic nitrogens is 2. The maximum absolute atomic E-state index is 12.0. The van der Waals surface area contributed by atoms with Crippen molar-refractivity contribution in [3.63, 3.8) is 0 Å². The summed E-state index contributed by atoms with van der Waals surface area (Å²) < 4.78 is 7.08. The Hall–Kier alpha value is -2.04. The van der Waals surface area contributed by atoms with Gasteiger partial charge in [0.25, 0.3) is 5.56 Å². The minimum atomic E-state index is -0.0948. The molecule has 0 saturated heterocycles. The second-order valence-corrected chi connectivity index (χ2v) is 4.14. The zero-order valence-corrected chi connectivity index (χ0v) is 10.6. The monoisotopic (exact) mass is 247 g/mol. The molecule has 0 aliphatic rings. The van der Waals surface area contributed by atoms with Crippen LogP contribution in [0.25, 0.3) is 0 Å². The van der Waals surface area contributed by atoms with Crippen molar-refractivity contribution in [2.45, 2.75) is 33.4 Å². The first-order valence-electron chi connectivity index (χ1n) is 6.05. The lowest BCUT2D eigenvalue weighted by Gasteiger charge is -2.06. The van der Waals surface area contributed by atoms with E-state index in [0.717, 1.165) is 17.9 Å². The molecule has 0 aliphatic heterocycles. The van der Waals surface area contributed by atoms with Crippen LogP contribution in [0.15, 0.2) is 33.7 Å². The molecule has 0 spiro atoms. The van der Waals surface area contributed by atoms with Crippen molar-refractivity contribution < 1.29 is 4.42 Å². The van der Waals surface area contributed by atoms with E-state index in [-0.39, 0.29) is 5.56 Å². The molecule has 5 heteroatoms. The number of anilines is 1. The van der Waals surface area contributed by atoms with Crippen LogP contribution in [0.4, 0.5) is 5.82 Å². The van der Waals surface area contributed by atoms with E-state index in [4.69, 9.17) is 4.42 Å². The highest BCUT2D eigenvalue weighted by Crippen LogP contribution is 2.07. The van der Waals surface area contributed by atoms with E-state index >= 15 is 0 Å². The van der Waals surface area contributed by atoms with Crippen LogP contribution in [0, 0.1) is 6.92 Å². The molecular weight excluding hydrogens is 230 g/mol. The van der Waals surface area contributed by atoms with Crippen molar-refractivity contribution in [2.24, 2.45) is 0 Å². The van der Waals surface area contributed by atoms with Crippen LogP contribution < -0.4 is 10.9 Å². The summed E-state index contributed by atoms with van der Waals surface area (Å²) in [4.78, 5) is 16.0. The van der Waals surface area contributed by atoms with Gasteiger partial charge in [-0.15, -0.1) is 0 Å². The Morgan fingerprint density at radius 1 is 1.44 bits per heavy atom. The lowest BCUT2D eigenvalue weighted by Crippen LogP contribution is -2.24. The number of nitrogens with one attached hydrogen (secondary N) is 1. The Morgan fingerprint density at radius 2 is 2.28 bits per heavy atom. The largest absolute Gasteiger partial charge is 0.465 e. The van der Waals surface area contributed by atoms with Gasteiger partial charge < -0.3 is 14.3 Å². The standard InChI is InChI=1S/C13H17N3O2/c1-3-7-16-8-6-14-12(13(16)17)15-9-11-5-4-10(2)18-11/h4-6,8H,3,7,9H2,1-2H3,(H,14,15). The predicted octanol–water partition coefficient (Wildman–Crippen LogP) is 2.17. The van der Waals surface area contributed by atoms with E-state index in [1.807, 2.05) is 26.0 Å². The molecule has 5 nitrogen and oxygen atoms in total. The van der Waals surface area contributed by atoms with E-state index in [0.29, 0.717) is 18.9 Å². The fraction of sp³-hybridized carbons (Fsp3) is 0.385. The quantitative estimate of drug-likeness (QED) is 0.879. The molecule has 0 bridgehead atoms. The zero-order valence-electron chi connectivity index (χ0n) is 10.6. The van der Waals surface area contributed by atoms with Gasteiger partial charge in [0.05, 0.1) is 6.54 Å². The van der Waals surface area contributed by atoms with Crippen LogP contribution in [0.5, 0.6) is 0 Å². The fourth-order valence-corrected chi connectivity index (χ4v) is 1.74. The van der Waals surface area contributed by atoms with Gasteiger partial charge in [-0.25, -0.2) is 4.98 Å². The van der Waals surface area contributed by atoms with Crippen LogP contribution in [0.2, 0.25) is 0 Å². The highest BCUT2D eigenvalue weighted by molar-refractivity contribution is 5.31. The number of hydrogen-bond donors (Lipinski definition) is 1. The molecule has 0 saturated carbocycles. The second-order valence-electron chi connectivity index (χ2n) is 4.14. The van der Waals surface area contributed by atoms with Gasteiger partial charge in [-0.1, -0.05) is 6.92 Å². The molecule has 2 heterocycles. The molecule has 1 N–H and O–H groups in total. The highest BCUT2D eigenvalue weighted by Gasteiger charge is 2.05. The van der Waals surface area contributed by atoms with Crippen LogP contribution >= 0.6 is 0 Å². The van der Waals surface area contributed by atoms with E-state index < -0.39 is 0 Å². The Balaban J connectivity index is 2.09.